The SMILES string of the molecule is Cc1ccc(-c2n[nH]c(=S)n2CC(=O)Nc2ccnn2C2CCCC2)cc1. The van der Waals surface area contributed by atoms with Gasteiger partial charge in [-0.1, -0.05) is 42.7 Å². The minimum atomic E-state index is -0.152. The van der Waals surface area contributed by atoms with E-state index < -0.39 is 0 Å². The Labute approximate surface area is 162 Å². The first-order valence-corrected chi connectivity index (χ1v) is 9.58. The van der Waals surface area contributed by atoms with Gasteiger partial charge in [-0.2, -0.15) is 10.2 Å². The molecule has 0 atom stereocenters. The van der Waals surface area contributed by atoms with Gasteiger partial charge in [0.25, 0.3) is 0 Å². The quantitative estimate of drug-likeness (QED) is 0.657. The van der Waals surface area contributed by atoms with Crippen molar-refractivity contribution in [3.8, 4) is 11.4 Å². The Kier molecular flexibility index (Phi) is 4.89. The smallest absolute Gasteiger partial charge is 0.245 e. The Morgan fingerprint density at radius 1 is 1.26 bits per heavy atom. The van der Waals surface area contributed by atoms with Gasteiger partial charge in [-0.05, 0) is 32.0 Å². The van der Waals surface area contributed by atoms with Gasteiger partial charge < -0.3 is 5.32 Å². The normalized spacial score (nSPS) is 14.6. The highest BCUT2D eigenvalue weighted by Gasteiger charge is 2.21. The second kappa shape index (κ2) is 7.48. The van der Waals surface area contributed by atoms with Crippen LogP contribution in [0.5, 0.6) is 0 Å². The molecule has 0 bridgehead atoms. The molecule has 27 heavy (non-hydrogen) atoms. The first kappa shape index (κ1) is 17.7. The van der Waals surface area contributed by atoms with Crippen molar-refractivity contribution in [2.24, 2.45) is 0 Å². The van der Waals surface area contributed by atoms with E-state index in [-0.39, 0.29) is 12.5 Å². The van der Waals surface area contributed by atoms with E-state index in [2.05, 4.69) is 20.6 Å². The summed E-state index contributed by atoms with van der Waals surface area (Å²) in [6.45, 7) is 2.12. The summed E-state index contributed by atoms with van der Waals surface area (Å²) in [7, 11) is 0. The number of anilines is 1. The van der Waals surface area contributed by atoms with Gasteiger partial charge in [0.2, 0.25) is 5.91 Å². The summed E-state index contributed by atoms with van der Waals surface area (Å²) in [4.78, 5) is 12.7. The van der Waals surface area contributed by atoms with Gasteiger partial charge in [-0.3, -0.25) is 14.5 Å². The number of amides is 1. The van der Waals surface area contributed by atoms with Crippen LogP contribution >= 0.6 is 12.2 Å². The summed E-state index contributed by atoms with van der Waals surface area (Å²) in [5.74, 6) is 1.24. The van der Waals surface area contributed by atoms with Gasteiger partial charge >= 0.3 is 0 Å². The lowest BCUT2D eigenvalue weighted by Crippen LogP contribution is -2.22. The number of aryl methyl sites for hydroxylation is 1. The molecule has 1 amide bonds. The third-order valence-corrected chi connectivity index (χ3v) is 5.29. The molecule has 140 valence electrons. The maximum Gasteiger partial charge on any atom is 0.245 e. The molecular formula is C19H22N6OS. The number of H-pyrrole nitrogens is 1. The van der Waals surface area contributed by atoms with Crippen molar-refractivity contribution in [1.82, 2.24) is 24.5 Å². The highest BCUT2D eigenvalue weighted by molar-refractivity contribution is 7.71. The minimum absolute atomic E-state index is 0.0917. The summed E-state index contributed by atoms with van der Waals surface area (Å²) in [5.41, 5.74) is 2.08. The molecule has 3 aromatic rings. The van der Waals surface area contributed by atoms with Crippen molar-refractivity contribution >= 4 is 23.9 Å². The highest BCUT2D eigenvalue weighted by atomic mass is 32.1. The standard InChI is InChI=1S/C19H22N6OS/c1-13-6-8-14(9-7-13)18-22-23-19(27)24(18)12-17(26)21-16-10-11-20-25(16)15-4-2-3-5-15/h6-11,15H,2-5,12H2,1H3,(H,21,26)(H,23,27). The molecular weight excluding hydrogens is 360 g/mol. The number of aromatic nitrogens is 5. The fourth-order valence-corrected chi connectivity index (χ4v) is 3.76. The molecule has 0 saturated heterocycles. The van der Waals surface area contributed by atoms with E-state index in [1.807, 2.05) is 41.9 Å². The summed E-state index contributed by atoms with van der Waals surface area (Å²) >= 11 is 5.33. The monoisotopic (exact) mass is 382 g/mol. The number of carbonyl (C=O) groups excluding carboxylic acids is 1. The fraction of sp³-hybridized carbons (Fsp3) is 0.368. The van der Waals surface area contributed by atoms with Crippen molar-refractivity contribution in [2.45, 2.75) is 45.2 Å². The molecule has 2 heterocycles. The molecule has 0 radical (unpaired) electrons. The summed E-state index contributed by atoms with van der Waals surface area (Å²) in [6, 6.07) is 10.2. The lowest BCUT2D eigenvalue weighted by Gasteiger charge is -2.15. The predicted molar refractivity (Wildman–Crippen MR) is 106 cm³/mol. The number of hydrogen-bond donors (Lipinski definition) is 2. The molecule has 1 aliphatic carbocycles. The van der Waals surface area contributed by atoms with E-state index in [0.717, 1.165) is 29.8 Å². The maximum absolute atomic E-state index is 12.7. The molecule has 2 N–H and O–H groups in total. The Bertz CT molecular complexity index is 994. The van der Waals surface area contributed by atoms with Crippen molar-refractivity contribution < 1.29 is 4.79 Å². The number of carbonyl (C=O) groups is 1. The van der Waals surface area contributed by atoms with Crippen molar-refractivity contribution in [2.75, 3.05) is 5.32 Å². The van der Waals surface area contributed by atoms with Crippen LogP contribution < -0.4 is 5.32 Å². The van der Waals surface area contributed by atoms with Gasteiger partial charge in [0, 0.05) is 11.6 Å². The van der Waals surface area contributed by atoms with E-state index in [4.69, 9.17) is 12.2 Å². The molecule has 8 heteroatoms. The third-order valence-electron chi connectivity index (χ3n) is 4.98. The molecule has 2 aromatic heterocycles. The Hall–Kier alpha value is -2.74. The minimum Gasteiger partial charge on any atom is -0.309 e. The van der Waals surface area contributed by atoms with Crippen LogP contribution in [0, 0.1) is 11.7 Å². The van der Waals surface area contributed by atoms with Crippen LogP contribution in [0.3, 0.4) is 0 Å². The summed E-state index contributed by atoms with van der Waals surface area (Å²) in [5, 5.41) is 14.5. The lowest BCUT2D eigenvalue weighted by molar-refractivity contribution is -0.116. The van der Waals surface area contributed by atoms with Crippen LogP contribution in [-0.2, 0) is 11.3 Å². The number of nitrogens with zero attached hydrogens (tertiary/aromatic N) is 4. The zero-order chi connectivity index (χ0) is 18.8. The second-order valence-corrected chi connectivity index (χ2v) is 7.34. The maximum atomic E-state index is 12.7. The van der Waals surface area contributed by atoms with Crippen LogP contribution in [0.15, 0.2) is 36.5 Å². The van der Waals surface area contributed by atoms with Gasteiger partial charge in [0.15, 0.2) is 10.6 Å². The van der Waals surface area contributed by atoms with Gasteiger partial charge in [0.05, 0.1) is 12.2 Å². The zero-order valence-electron chi connectivity index (χ0n) is 15.2. The largest absolute Gasteiger partial charge is 0.309 e. The molecule has 1 aromatic carbocycles. The van der Waals surface area contributed by atoms with Crippen LogP contribution in [0.2, 0.25) is 0 Å². The van der Waals surface area contributed by atoms with E-state index in [0.29, 0.717) is 16.6 Å². The molecule has 1 aliphatic rings. The van der Waals surface area contributed by atoms with Crippen LogP contribution in [0.1, 0.15) is 37.3 Å². The average molecular weight is 382 g/mol. The number of rotatable bonds is 5. The van der Waals surface area contributed by atoms with Gasteiger partial charge in [0.1, 0.15) is 12.4 Å². The highest BCUT2D eigenvalue weighted by Crippen LogP contribution is 2.31. The molecule has 4 rings (SSSR count). The van der Waals surface area contributed by atoms with Gasteiger partial charge in [-0.15, -0.1) is 0 Å². The average Bonchev–Trinajstić information content (AvgIpc) is 3.38. The van der Waals surface area contributed by atoms with Crippen molar-refractivity contribution in [1.29, 1.82) is 0 Å². The third kappa shape index (κ3) is 3.71. The fourth-order valence-electron chi connectivity index (χ4n) is 3.57. The molecule has 0 aliphatic heterocycles. The first-order chi connectivity index (χ1) is 13.1. The molecule has 1 fully saturated rings. The Balaban J connectivity index is 1.53. The molecule has 0 spiro atoms. The van der Waals surface area contributed by atoms with E-state index >= 15 is 0 Å². The topological polar surface area (TPSA) is 80.5 Å². The van der Waals surface area contributed by atoms with E-state index in [9.17, 15) is 4.79 Å². The predicted octanol–water partition coefficient (Wildman–Crippen LogP) is 3.87. The van der Waals surface area contributed by atoms with Crippen LogP contribution in [-0.4, -0.2) is 30.5 Å². The second-order valence-electron chi connectivity index (χ2n) is 6.95. The number of nitrogens with one attached hydrogen (secondary N) is 2. The van der Waals surface area contributed by atoms with Crippen LogP contribution in [0.25, 0.3) is 11.4 Å². The lowest BCUT2D eigenvalue weighted by atomic mass is 10.1. The van der Waals surface area contributed by atoms with Crippen LogP contribution in [0.4, 0.5) is 5.82 Å². The Morgan fingerprint density at radius 3 is 2.74 bits per heavy atom. The first-order valence-electron chi connectivity index (χ1n) is 9.17. The summed E-state index contributed by atoms with van der Waals surface area (Å²) in [6.07, 6.45) is 6.36. The molecule has 0 unspecified atom stereocenters. The van der Waals surface area contributed by atoms with Crippen molar-refractivity contribution in [3.05, 3.63) is 46.9 Å². The zero-order valence-corrected chi connectivity index (χ0v) is 16.0. The number of benzene rings is 1. The van der Waals surface area contributed by atoms with E-state index in [1.54, 1.807) is 10.8 Å². The van der Waals surface area contributed by atoms with Gasteiger partial charge in [-0.25, -0.2) is 4.68 Å². The van der Waals surface area contributed by atoms with Crippen molar-refractivity contribution in [3.63, 3.8) is 0 Å². The van der Waals surface area contributed by atoms with E-state index in [1.165, 1.54) is 12.8 Å². The number of hydrogen-bond acceptors (Lipinski definition) is 4. The summed E-state index contributed by atoms with van der Waals surface area (Å²) < 4.78 is 4.07. The number of aromatic amines is 1. The Morgan fingerprint density at radius 2 is 2.00 bits per heavy atom. The molecule has 7 nitrogen and oxygen atoms in total. The molecule has 1 saturated carbocycles.